The van der Waals surface area contributed by atoms with Crippen LogP contribution in [0.3, 0.4) is 0 Å². The molecule has 0 bridgehead atoms. The maximum atomic E-state index is 2.51. The smallest absolute Gasteiger partial charge is 0.0623 e. The van der Waals surface area contributed by atoms with Crippen molar-refractivity contribution in [2.75, 3.05) is 0 Å². The number of aromatic nitrogens is 1. The average molecular weight is 450 g/mol. The highest BCUT2D eigenvalue weighted by Crippen LogP contribution is 2.62. The first-order valence-electron chi connectivity index (χ1n) is 12.6. The molecule has 2 aliphatic rings. The Hall–Kier alpha value is -3.84. The molecule has 2 aliphatic carbocycles. The molecule has 0 atom stereocenters. The van der Waals surface area contributed by atoms with Gasteiger partial charge < -0.3 is 4.57 Å². The van der Waals surface area contributed by atoms with Gasteiger partial charge in [0.2, 0.25) is 0 Å². The van der Waals surface area contributed by atoms with E-state index in [4.69, 9.17) is 0 Å². The average Bonchev–Trinajstić information content (AvgIpc) is 3.33. The fourth-order valence-corrected chi connectivity index (χ4v) is 7.40. The van der Waals surface area contributed by atoms with Crippen LogP contribution < -0.4 is 0 Å². The second-order valence-electron chi connectivity index (χ2n) is 11.4. The normalized spacial score (nSPS) is 16.5. The van der Waals surface area contributed by atoms with Crippen LogP contribution in [0.1, 0.15) is 49.9 Å². The highest BCUT2D eigenvalue weighted by Gasteiger charge is 2.46. The lowest BCUT2D eigenvalue weighted by molar-refractivity contribution is 0.640. The van der Waals surface area contributed by atoms with Crippen molar-refractivity contribution in [3.63, 3.8) is 0 Å². The predicted octanol–water partition coefficient (Wildman–Crippen LogP) is 8.88. The SMILES string of the molecule is CC1(C)c2cccc3c2-c2c(c4c5ccccc5n(-c5ccccc5)c4c4cccc1c24)C3(C)C. The van der Waals surface area contributed by atoms with Gasteiger partial charge in [-0.15, -0.1) is 0 Å². The Bertz CT molecular complexity index is 1880. The zero-order chi connectivity index (χ0) is 23.7. The zero-order valence-electron chi connectivity index (χ0n) is 20.6. The molecular formula is C34H27N. The fraction of sp³-hybridized carbons (Fsp3) is 0.176. The maximum Gasteiger partial charge on any atom is 0.0623 e. The lowest BCUT2D eigenvalue weighted by atomic mass is 9.68. The van der Waals surface area contributed by atoms with Crippen LogP contribution in [-0.2, 0) is 10.8 Å². The Kier molecular flexibility index (Phi) is 3.36. The molecule has 0 spiro atoms. The van der Waals surface area contributed by atoms with Crippen LogP contribution in [0.2, 0.25) is 0 Å². The van der Waals surface area contributed by atoms with E-state index in [0.717, 1.165) is 0 Å². The van der Waals surface area contributed by atoms with Crippen LogP contribution in [0.25, 0.3) is 49.4 Å². The van der Waals surface area contributed by atoms with Crippen LogP contribution in [0.15, 0.2) is 91.0 Å². The minimum Gasteiger partial charge on any atom is -0.309 e. The number of rotatable bonds is 1. The van der Waals surface area contributed by atoms with Crippen molar-refractivity contribution in [1.29, 1.82) is 0 Å². The molecule has 0 saturated carbocycles. The number of benzene rings is 5. The number of para-hydroxylation sites is 2. The van der Waals surface area contributed by atoms with Crippen LogP contribution in [0.5, 0.6) is 0 Å². The Morgan fingerprint density at radius 1 is 0.514 bits per heavy atom. The minimum atomic E-state index is -0.0771. The maximum absolute atomic E-state index is 2.51. The first kappa shape index (κ1) is 19.5. The van der Waals surface area contributed by atoms with Crippen LogP contribution in [0.4, 0.5) is 0 Å². The molecule has 6 aromatic rings. The minimum absolute atomic E-state index is 0.0488. The van der Waals surface area contributed by atoms with Crippen LogP contribution in [-0.4, -0.2) is 4.57 Å². The summed E-state index contributed by atoms with van der Waals surface area (Å²) in [5, 5.41) is 5.57. The largest absolute Gasteiger partial charge is 0.309 e. The second kappa shape index (κ2) is 6.04. The lowest BCUT2D eigenvalue weighted by Gasteiger charge is -2.35. The molecule has 1 heteroatoms. The van der Waals surface area contributed by atoms with Crippen molar-refractivity contribution in [2.45, 2.75) is 38.5 Å². The van der Waals surface area contributed by atoms with Crippen molar-refractivity contribution >= 4 is 32.6 Å². The summed E-state index contributed by atoms with van der Waals surface area (Å²) in [7, 11) is 0. The Morgan fingerprint density at radius 2 is 1.14 bits per heavy atom. The van der Waals surface area contributed by atoms with Gasteiger partial charge in [0.25, 0.3) is 0 Å². The summed E-state index contributed by atoms with van der Waals surface area (Å²) in [5.41, 5.74) is 12.6. The Morgan fingerprint density at radius 3 is 1.94 bits per heavy atom. The van der Waals surface area contributed by atoms with E-state index in [2.05, 4.69) is 123 Å². The molecule has 0 fully saturated rings. The van der Waals surface area contributed by atoms with E-state index in [0.29, 0.717) is 0 Å². The van der Waals surface area contributed by atoms with Crippen molar-refractivity contribution in [2.24, 2.45) is 0 Å². The van der Waals surface area contributed by atoms with Gasteiger partial charge in [-0.1, -0.05) is 100 Å². The zero-order valence-corrected chi connectivity index (χ0v) is 20.6. The molecule has 1 aromatic heterocycles. The van der Waals surface area contributed by atoms with Crippen LogP contribution >= 0.6 is 0 Å². The van der Waals surface area contributed by atoms with E-state index in [1.807, 2.05) is 0 Å². The van der Waals surface area contributed by atoms with Crippen LogP contribution in [0, 0.1) is 0 Å². The lowest BCUT2D eigenvalue weighted by Crippen LogP contribution is -2.23. The summed E-state index contributed by atoms with van der Waals surface area (Å²) < 4.78 is 2.51. The highest BCUT2D eigenvalue weighted by molar-refractivity contribution is 6.27. The van der Waals surface area contributed by atoms with Crippen molar-refractivity contribution in [1.82, 2.24) is 4.57 Å². The molecule has 0 saturated heterocycles. The Balaban J connectivity index is 1.76. The van der Waals surface area contributed by atoms with Gasteiger partial charge in [0.05, 0.1) is 11.0 Å². The second-order valence-corrected chi connectivity index (χ2v) is 11.4. The monoisotopic (exact) mass is 449 g/mol. The summed E-state index contributed by atoms with van der Waals surface area (Å²) in [4.78, 5) is 0. The molecule has 0 N–H and O–H groups in total. The van der Waals surface area contributed by atoms with Gasteiger partial charge in [-0.05, 0) is 57.0 Å². The van der Waals surface area contributed by atoms with Crippen molar-refractivity contribution in [3.05, 3.63) is 113 Å². The molecule has 0 amide bonds. The summed E-state index contributed by atoms with van der Waals surface area (Å²) in [6, 6.07) is 33.9. The van der Waals surface area contributed by atoms with E-state index < -0.39 is 0 Å². The van der Waals surface area contributed by atoms with E-state index >= 15 is 0 Å². The molecule has 1 nitrogen and oxygen atoms in total. The summed E-state index contributed by atoms with van der Waals surface area (Å²) in [6.45, 7) is 9.68. The third kappa shape index (κ3) is 2.08. The fourth-order valence-electron chi connectivity index (χ4n) is 7.40. The van der Waals surface area contributed by atoms with Gasteiger partial charge in [-0.25, -0.2) is 0 Å². The first-order chi connectivity index (χ1) is 16.9. The van der Waals surface area contributed by atoms with E-state index in [9.17, 15) is 0 Å². The molecule has 0 unspecified atom stereocenters. The van der Waals surface area contributed by atoms with Gasteiger partial charge >= 0.3 is 0 Å². The summed E-state index contributed by atoms with van der Waals surface area (Å²) in [6.07, 6.45) is 0. The number of nitrogens with zero attached hydrogens (tertiary/aromatic N) is 1. The van der Waals surface area contributed by atoms with Gasteiger partial charge in [0, 0.05) is 32.7 Å². The third-order valence-corrected chi connectivity index (χ3v) is 8.92. The molecule has 1 heterocycles. The molecule has 168 valence electrons. The molecule has 5 aromatic carbocycles. The van der Waals surface area contributed by atoms with E-state index in [1.54, 1.807) is 0 Å². The number of fused-ring (bicyclic) bond motifs is 5. The van der Waals surface area contributed by atoms with Gasteiger partial charge in [-0.2, -0.15) is 0 Å². The van der Waals surface area contributed by atoms with Gasteiger partial charge in [0.1, 0.15) is 0 Å². The number of hydrogen-bond acceptors (Lipinski definition) is 0. The summed E-state index contributed by atoms with van der Waals surface area (Å²) in [5.74, 6) is 0. The predicted molar refractivity (Wildman–Crippen MR) is 148 cm³/mol. The number of hydrogen-bond donors (Lipinski definition) is 0. The van der Waals surface area contributed by atoms with Gasteiger partial charge in [-0.3, -0.25) is 0 Å². The molecule has 0 radical (unpaired) electrons. The quantitative estimate of drug-likeness (QED) is 0.236. The van der Waals surface area contributed by atoms with Crippen molar-refractivity contribution in [3.8, 4) is 16.8 Å². The first-order valence-corrected chi connectivity index (χ1v) is 12.6. The van der Waals surface area contributed by atoms with Gasteiger partial charge in [0.15, 0.2) is 0 Å². The highest BCUT2D eigenvalue weighted by atomic mass is 15.0. The molecule has 0 aliphatic heterocycles. The van der Waals surface area contributed by atoms with E-state index in [-0.39, 0.29) is 10.8 Å². The van der Waals surface area contributed by atoms with Crippen molar-refractivity contribution < 1.29 is 0 Å². The third-order valence-electron chi connectivity index (χ3n) is 8.92. The molecule has 8 rings (SSSR count). The Labute approximate surface area is 205 Å². The molecular weight excluding hydrogens is 422 g/mol. The van der Waals surface area contributed by atoms with E-state index in [1.165, 1.54) is 71.6 Å². The molecule has 35 heavy (non-hydrogen) atoms. The summed E-state index contributed by atoms with van der Waals surface area (Å²) >= 11 is 0. The standard InChI is InChI=1S/C34H27N/c1-33(2)23-16-10-15-22-27(23)30-29-24(33)17-11-18-25(29)34(3,4)31(30)28-21-14-8-9-19-26(21)35(32(22)28)20-12-6-5-7-13-20/h5-19H,1-4H3. The topological polar surface area (TPSA) is 4.93 Å².